The number of hydrogen-bond acceptors (Lipinski definition) is 7. The summed E-state index contributed by atoms with van der Waals surface area (Å²) in [5.41, 5.74) is 2.92. The molecule has 0 spiro atoms. The molecular formula is C17H19N7O3. The van der Waals surface area contributed by atoms with Crippen molar-refractivity contribution >= 4 is 11.9 Å². The molecule has 3 heterocycles. The van der Waals surface area contributed by atoms with Gasteiger partial charge in [-0.1, -0.05) is 0 Å². The third kappa shape index (κ3) is 3.22. The molecule has 10 heteroatoms. The van der Waals surface area contributed by atoms with Crippen molar-refractivity contribution in [2.24, 2.45) is 0 Å². The predicted octanol–water partition coefficient (Wildman–Crippen LogP) is 1.11. The van der Waals surface area contributed by atoms with E-state index in [9.17, 15) is 4.79 Å². The Morgan fingerprint density at radius 2 is 2.07 bits per heavy atom. The smallest absolute Gasteiger partial charge is 0.278 e. The first-order chi connectivity index (χ1) is 13.2. The lowest BCUT2D eigenvalue weighted by Gasteiger charge is -2.12. The van der Waals surface area contributed by atoms with Crippen LogP contribution < -0.4 is 20.1 Å². The number of amides is 1. The molecule has 1 aliphatic rings. The Morgan fingerprint density at radius 3 is 2.89 bits per heavy atom. The van der Waals surface area contributed by atoms with Gasteiger partial charge in [0.25, 0.3) is 5.91 Å². The Morgan fingerprint density at radius 1 is 1.19 bits per heavy atom. The minimum atomic E-state index is -0.358. The summed E-state index contributed by atoms with van der Waals surface area (Å²) in [6, 6.07) is 5.35. The van der Waals surface area contributed by atoms with Crippen LogP contribution in [-0.4, -0.2) is 52.1 Å². The SMILES string of the molecule is COc1ccc(-c2nc(NC(=O)c3n[nH]c4c3CNCC4)n[nH]2)c(OC)c1. The van der Waals surface area contributed by atoms with Crippen molar-refractivity contribution in [1.29, 1.82) is 0 Å². The van der Waals surface area contributed by atoms with E-state index in [1.807, 2.05) is 0 Å². The second-order valence-corrected chi connectivity index (χ2v) is 5.98. The minimum Gasteiger partial charge on any atom is -0.497 e. The quantitative estimate of drug-likeness (QED) is 0.530. The van der Waals surface area contributed by atoms with Gasteiger partial charge in [-0.3, -0.25) is 20.3 Å². The molecule has 4 N–H and O–H groups in total. The van der Waals surface area contributed by atoms with E-state index < -0.39 is 0 Å². The van der Waals surface area contributed by atoms with Crippen LogP contribution in [0.4, 0.5) is 5.95 Å². The van der Waals surface area contributed by atoms with Crippen molar-refractivity contribution in [2.75, 3.05) is 26.1 Å². The normalized spacial score (nSPS) is 13.1. The van der Waals surface area contributed by atoms with Gasteiger partial charge in [0, 0.05) is 36.8 Å². The third-order valence-corrected chi connectivity index (χ3v) is 4.40. The molecule has 1 amide bonds. The Kier molecular flexibility index (Phi) is 4.47. The van der Waals surface area contributed by atoms with Crippen LogP contribution in [0.1, 0.15) is 21.7 Å². The van der Waals surface area contributed by atoms with Gasteiger partial charge in [-0.2, -0.15) is 10.1 Å². The van der Waals surface area contributed by atoms with Crippen LogP contribution >= 0.6 is 0 Å². The molecular weight excluding hydrogens is 350 g/mol. The Balaban J connectivity index is 1.55. The molecule has 140 valence electrons. The van der Waals surface area contributed by atoms with Crippen molar-refractivity contribution < 1.29 is 14.3 Å². The highest BCUT2D eigenvalue weighted by Gasteiger charge is 2.22. The van der Waals surface area contributed by atoms with E-state index in [0.717, 1.165) is 24.2 Å². The van der Waals surface area contributed by atoms with Crippen LogP contribution in [0.15, 0.2) is 18.2 Å². The number of methoxy groups -OCH3 is 2. The van der Waals surface area contributed by atoms with Crippen LogP contribution in [0, 0.1) is 0 Å². The number of hydrogen-bond donors (Lipinski definition) is 4. The highest BCUT2D eigenvalue weighted by Crippen LogP contribution is 2.31. The van der Waals surface area contributed by atoms with Crippen LogP contribution in [-0.2, 0) is 13.0 Å². The van der Waals surface area contributed by atoms with E-state index in [4.69, 9.17) is 9.47 Å². The molecule has 0 bridgehead atoms. The number of nitrogens with one attached hydrogen (secondary N) is 4. The van der Waals surface area contributed by atoms with Crippen LogP contribution in [0.5, 0.6) is 11.5 Å². The standard InChI is InChI=1S/C17H19N7O3/c1-26-9-3-4-10(13(7-9)27-2)15-19-17(24-23-15)20-16(25)14-11-8-18-6-5-12(11)21-22-14/h3-4,7,18H,5-6,8H2,1-2H3,(H,21,22)(H2,19,20,23,24,25). The van der Waals surface area contributed by atoms with Gasteiger partial charge < -0.3 is 14.8 Å². The Hall–Kier alpha value is -3.40. The van der Waals surface area contributed by atoms with Crippen molar-refractivity contribution in [3.8, 4) is 22.9 Å². The first-order valence-corrected chi connectivity index (χ1v) is 8.42. The molecule has 0 radical (unpaired) electrons. The number of H-pyrrole nitrogens is 2. The second kappa shape index (κ2) is 7.08. The summed E-state index contributed by atoms with van der Waals surface area (Å²) in [6.07, 6.45) is 0.817. The summed E-state index contributed by atoms with van der Waals surface area (Å²) in [5, 5.41) is 19.8. The molecule has 3 aromatic rings. The zero-order valence-corrected chi connectivity index (χ0v) is 14.9. The molecule has 0 atom stereocenters. The van der Waals surface area contributed by atoms with Crippen molar-refractivity contribution in [2.45, 2.75) is 13.0 Å². The lowest BCUT2D eigenvalue weighted by molar-refractivity contribution is 0.102. The largest absolute Gasteiger partial charge is 0.497 e. The average Bonchev–Trinajstić information content (AvgIpc) is 3.34. The molecule has 27 heavy (non-hydrogen) atoms. The Bertz CT molecular complexity index is 979. The summed E-state index contributed by atoms with van der Waals surface area (Å²) in [4.78, 5) is 16.9. The van der Waals surface area contributed by atoms with E-state index in [-0.39, 0.29) is 11.9 Å². The van der Waals surface area contributed by atoms with E-state index >= 15 is 0 Å². The fraction of sp³-hybridized carbons (Fsp3) is 0.294. The van der Waals surface area contributed by atoms with Gasteiger partial charge in [0.2, 0.25) is 5.95 Å². The van der Waals surface area contributed by atoms with Crippen molar-refractivity contribution in [1.82, 2.24) is 30.7 Å². The maximum atomic E-state index is 12.5. The number of aromatic nitrogens is 5. The molecule has 0 saturated heterocycles. The highest BCUT2D eigenvalue weighted by atomic mass is 16.5. The second-order valence-electron chi connectivity index (χ2n) is 5.98. The summed E-state index contributed by atoms with van der Waals surface area (Å²) < 4.78 is 10.6. The number of carbonyl (C=O) groups excluding carboxylic acids is 1. The van der Waals surface area contributed by atoms with Crippen molar-refractivity contribution in [3.05, 3.63) is 35.2 Å². The van der Waals surface area contributed by atoms with Crippen LogP contribution in [0.25, 0.3) is 11.4 Å². The summed E-state index contributed by atoms with van der Waals surface area (Å²) in [6.45, 7) is 1.47. The average molecular weight is 369 g/mol. The number of carbonyl (C=O) groups is 1. The van der Waals surface area contributed by atoms with E-state index in [1.54, 1.807) is 32.4 Å². The number of nitrogens with zero attached hydrogens (tertiary/aromatic N) is 3. The van der Waals surface area contributed by atoms with Crippen LogP contribution in [0.3, 0.4) is 0 Å². The first kappa shape index (κ1) is 17.0. The molecule has 0 aliphatic carbocycles. The summed E-state index contributed by atoms with van der Waals surface area (Å²) in [7, 11) is 3.14. The summed E-state index contributed by atoms with van der Waals surface area (Å²) >= 11 is 0. The van der Waals surface area contributed by atoms with E-state index in [0.29, 0.717) is 35.1 Å². The van der Waals surface area contributed by atoms with Gasteiger partial charge in [0.05, 0.1) is 19.8 Å². The minimum absolute atomic E-state index is 0.161. The monoisotopic (exact) mass is 369 g/mol. The van der Waals surface area contributed by atoms with Gasteiger partial charge in [0.1, 0.15) is 11.5 Å². The van der Waals surface area contributed by atoms with Crippen LogP contribution in [0.2, 0.25) is 0 Å². The van der Waals surface area contributed by atoms with Gasteiger partial charge >= 0.3 is 0 Å². The fourth-order valence-corrected chi connectivity index (χ4v) is 3.01. The first-order valence-electron chi connectivity index (χ1n) is 8.42. The molecule has 10 nitrogen and oxygen atoms in total. The zero-order chi connectivity index (χ0) is 18.8. The Labute approximate surface area is 154 Å². The summed E-state index contributed by atoms with van der Waals surface area (Å²) in [5.74, 6) is 1.52. The molecule has 2 aromatic heterocycles. The number of fused-ring (bicyclic) bond motifs is 1. The maximum Gasteiger partial charge on any atom is 0.278 e. The highest BCUT2D eigenvalue weighted by molar-refractivity contribution is 6.03. The zero-order valence-electron chi connectivity index (χ0n) is 14.9. The van der Waals surface area contributed by atoms with E-state index in [1.165, 1.54) is 0 Å². The van der Waals surface area contributed by atoms with Gasteiger partial charge in [-0.05, 0) is 12.1 Å². The number of anilines is 1. The number of benzene rings is 1. The lowest BCUT2D eigenvalue weighted by Crippen LogP contribution is -2.25. The molecule has 1 aromatic carbocycles. The molecule has 0 fully saturated rings. The van der Waals surface area contributed by atoms with E-state index in [2.05, 4.69) is 36.0 Å². The molecule has 4 rings (SSSR count). The maximum absolute atomic E-state index is 12.5. The molecule has 1 aliphatic heterocycles. The molecule has 0 unspecified atom stereocenters. The number of ether oxygens (including phenoxy) is 2. The number of aromatic amines is 2. The molecule has 0 saturated carbocycles. The predicted molar refractivity (Wildman–Crippen MR) is 96.9 cm³/mol. The fourth-order valence-electron chi connectivity index (χ4n) is 3.01. The topological polar surface area (TPSA) is 130 Å². The van der Waals surface area contributed by atoms with Crippen molar-refractivity contribution in [3.63, 3.8) is 0 Å². The van der Waals surface area contributed by atoms with Gasteiger partial charge in [-0.25, -0.2) is 0 Å². The van der Waals surface area contributed by atoms with Gasteiger partial charge in [-0.15, -0.1) is 5.10 Å². The third-order valence-electron chi connectivity index (χ3n) is 4.40. The lowest BCUT2D eigenvalue weighted by atomic mass is 10.1. The number of rotatable bonds is 5. The van der Waals surface area contributed by atoms with Gasteiger partial charge in [0.15, 0.2) is 11.5 Å².